The van der Waals surface area contributed by atoms with Gasteiger partial charge in [0, 0.05) is 6.42 Å². The quantitative estimate of drug-likeness (QED) is 0.407. The minimum atomic E-state index is -0.785. The summed E-state index contributed by atoms with van der Waals surface area (Å²) in [5.41, 5.74) is 0. The summed E-state index contributed by atoms with van der Waals surface area (Å²) in [7, 11) is 0. The third kappa shape index (κ3) is 2.85. The maximum atomic E-state index is 10.4. The summed E-state index contributed by atoms with van der Waals surface area (Å²) in [6.45, 7) is 4.87. The van der Waals surface area contributed by atoms with Crippen LogP contribution >= 0.6 is 0 Å². The first-order chi connectivity index (χ1) is 4.22. The molecule has 0 N–H and O–H groups in total. The zero-order valence-corrected chi connectivity index (χ0v) is 5.35. The molecule has 0 bridgehead atoms. The Kier molecular flexibility index (Phi) is 3.67. The van der Waals surface area contributed by atoms with E-state index in [1.165, 1.54) is 0 Å². The zero-order valence-electron chi connectivity index (χ0n) is 5.35. The molecule has 0 saturated carbocycles. The first-order valence-electron chi connectivity index (χ1n) is 2.71. The van der Waals surface area contributed by atoms with E-state index in [9.17, 15) is 9.59 Å². The fourth-order valence-corrected chi connectivity index (χ4v) is 0.318. The van der Waals surface area contributed by atoms with Crippen LogP contribution in [0.1, 0.15) is 13.3 Å². The second-order valence-electron chi connectivity index (χ2n) is 1.41. The minimum Gasteiger partial charge on any atom is -0.460 e. The summed E-state index contributed by atoms with van der Waals surface area (Å²) in [6, 6.07) is 0. The topological polar surface area (TPSA) is 43.4 Å². The predicted molar refractivity (Wildman–Crippen MR) is 31.6 cm³/mol. The van der Waals surface area contributed by atoms with Gasteiger partial charge in [-0.2, -0.15) is 0 Å². The third-order valence-electron chi connectivity index (χ3n) is 0.782. The Hall–Kier alpha value is -0.860. The molecule has 1 radical (unpaired) electrons. The lowest BCUT2D eigenvalue weighted by atomic mass is 10.3. The molecule has 0 atom stereocenters. The maximum Gasteiger partial charge on any atom is 0.374 e. The van der Waals surface area contributed by atoms with E-state index in [1.807, 2.05) is 0 Å². The second kappa shape index (κ2) is 4.06. The smallest absolute Gasteiger partial charge is 0.374 e. The van der Waals surface area contributed by atoms with Crippen LogP contribution in [0.5, 0.6) is 0 Å². The van der Waals surface area contributed by atoms with E-state index in [1.54, 1.807) is 6.92 Å². The number of rotatable bonds is 3. The molecule has 9 heavy (non-hydrogen) atoms. The van der Waals surface area contributed by atoms with Gasteiger partial charge in [-0.3, -0.25) is 4.79 Å². The van der Waals surface area contributed by atoms with E-state index in [0.717, 1.165) is 0 Å². The van der Waals surface area contributed by atoms with Gasteiger partial charge < -0.3 is 4.74 Å². The Balaban J connectivity index is 3.60. The highest BCUT2D eigenvalue weighted by molar-refractivity contribution is 6.33. The van der Waals surface area contributed by atoms with Crippen LogP contribution < -0.4 is 0 Å². The Morgan fingerprint density at radius 3 is 2.44 bits per heavy atom. The van der Waals surface area contributed by atoms with Crippen LogP contribution in [-0.4, -0.2) is 18.4 Å². The number of hydrogen-bond donors (Lipinski definition) is 0. The molecule has 0 spiro atoms. The average molecular weight is 129 g/mol. The number of Topliss-reactive ketones (excluding diaryl/α,β-unsaturated/α-hetero) is 1. The van der Waals surface area contributed by atoms with Crippen molar-refractivity contribution in [3.05, 3.63) is 6.92 Å². The van der Waals surface area contributed by atoms with Crippen molar-refractivity contribution in [2.24, 2.45) is 0 Å². The summed E-state index contributed by atoms with van der Waals surface area (Å²) in [6.07, 6.45) is 0.193. The van der Waals surface area contributed by atoms with Crippen LogP contribution in [0.4, 0.5) is 0 Å². The van der Waals surface area contributed by atoms with Gasteiger partial charge in [0.05, 0.1) is 6.61 Å². The Morgan fingerprint density at radius 1 is 1.56 bits per heavy atom. The first-order valence-corrected chi connectivity index (χ1v) is 2.71. The molecule has 0 aliphatic heterocycles. The zero-order chi connectivity index (χ0) is 7.28. The molecule has 0 amide bonds. The normalized spacial score (nSPS) is 8.67. The lowest BCUT2D eigenvalue weighted by molar-refractivity contribution is -0.152. The Bertz CT molecular complexity index is 117. The van der Waals surface area contributed by atoms with Gasteiger partial charge in [-0.15, -0.1) is 0 Å². The summed E-state index contributed by atoms with van der Waals surface area (Å²) in [4.78, 5) is 20.8. The molecule has 0 saturated heterocycles. The number of carbonyl (C=O) groups excluding carboxylic acids is 2. The van der Waals surface area contributed by atoms with Gasteiger partial charge in [-0.1, -0.05) is 6.92 Å². The van der Waals surface area contributed by atoms with Crippen LogP contribution in [0.3, 0.4) is 0 Å². The fraction of sp³-hybridized carbons (Fsp3) is 0.500. The van der Waals surface area contributed by atoms with E-state index in [2.05, 4.69) is 11.7 Å². The molecule has 0 unspecified atom stereocenters. The van der Waals surface area contributed by atoms with E-state index in [4.69, 9.17) is 0 Å². The SMILES string of the molecule is [CH2]COC(=O)C(=O)CC. The van der Waals surface area contributed by atoms with E-state index >= 15 is 0 Å². The van der Waals surface area contributed by atoms with Gasteiger partial charge in [0.15, 0.2) is 0 Å². The molecule has 0 aromatic heterocycles. The van der Waals surface area contributed by atoms with Crippen molar-refractivity contribution in [2.45, 2.75) is 13.3 Å². The van der Waals surface area contributed by atoms with Gasteiger partial charge in [0.25, 0.3) is 0 Å². The van der Waals surface area contributed by atoms with Crippen molar-refractivity contribution in [2.75, 3.05) is 6.61 Å². The minimum absolute atomic E-state index is 0.0184. The number of ether oxygens (including phenoxy) is 1. The number of carbonyl (C=O) groups is 2. The Labute approximate surface area is 54.0 Å². The van der Waals surface area contributed by atoms with Gasteiger partial charge in [-0.25, -0.2) is 4.79 Å². The number of esters is 1. The Morgan fingerprint density at radius 2 is 2.11 bits per heavy atom. The summed E-state index contributed by atoms with van der Waals surface area (Å²) in [5.74, 6) is -1.29. The van der Waals surface area contributed by atoms with Crippen LogP contribution in [0, 0.1) is 6.92 Å². The molecular formula is C6H9O3. The molecule has 3 heteroatoms. The van der Waals surface area contributed by atoms with Crippen molar-refractivity contribution >= 4 is 11.8 Å². The highest BCUT2D eigenvalue weighted by atomic mass is 16.5. The molecule has 0 fully saturated rings. The highest BCUT2D eigenvalue weighted by Gasteiger charge is 2.10. The molecule has 0 aliphatic carbocycles. The average Bonchev–Trinajstić information content (AvgIpc) is 1.87. The van der Waals surface area contributed by atoms with Crippen molar-refractivity contribution in [1.82, 2.24) is 0 Å². The predicted octanol–water partition coefficient (Wildman–Crippen LogP) is 0.343. The standard InChI is InChI=1S/C6H9O3/c1-3-5(7)6(8)9-4-2/h2-4H2,1H3. The van der Waals surface area contributed by atoms with Gasteiger partial charge in [-0.05, 0) is 6.92 Å². The first kappa shape index (κ1) is 8.14. The lowest BCUT2D eigenvalue weighted by Gasteiger charge is -1.95. The monoisotopic (exact) mass is 129 g/mol. The highest BCUT2D eigenvalue weighted by Crippen LogP contribution is 1.84. The van der Waals surface area contributed by atoms with Crippen LogP contribution in [0.15, 0.2) is 0 Å². The van der Waals surface area contributed by atoms with E-state index in [0.29, 0.717) is 0 Å². The lowest BCUT2D eigenvalue weighted by Crippen LogP contribution is -2.15. The van der Waals surface area contributed by atoms with Crippen LogP contribution in [0.2, 0.25) is 0 Å². The number of hydrogen-bond acceptors (Lipinski definition) is 3. The second-order valence-corrected chi connectivity index (χ2v) is 1.41. The molecule has 0 aromatic rings. The van der Waals surface area contributed by atoms with Crippen LogP contribution in [-0.2, 0) is 14.3 Å². The van der Waals surface area contributed by atoms with Crippen molar-refractivity contribution < 1.29 is 14.3 Å². The van der Waals surface area contributed by atoms with Crippen molar-refractivity contribution in [3.63, 3.8) is 0 Å². The summed E-state index contributed by atoms with van der Waals surface area (Å²) in [5, 5.41) is 0. The van der Waals surface area contributed by atoms with Crippen LogP contribution in [0.25, 0.3) is 0 Å². The van der Waals surface area contributed by atoms with E-state index in [-0.39, 0.29) is 13.0 Å². The van der Waals surface area contributed by atoms with Crippen molar-refractivity contribution in [1.29, 1.82) is 0 Å². The van der Waals surface area contributed by atoms with Gasteiger partial charge in [0.2, 0.25) is 5.78 Å². The number of ketones is 1. The third-order valence-corrected chi connectivity index (χ3v) is 0.782. The molecular weight excluding hydrogens is 120 g/mol. The summed E-state index contributed by atoms with van der Waals surface area (Å²) >= 11 is 0. The molecule has 0 rings (SSSR count). The fourth-order valence-electron chi connectivity index (χ4n) is 0.318. The molecule has 0 aliphatic rings. The molecule has 0 heterocycles. The summed E-state index contributed by atoms with van der Waals surface area (Å²) < 4.78 is 4.29. The van der Waals surface area contributed by atoms with Crippen molar-refractivity contribution in [3.8, 4) is 0 Å². The molecule has 3 nitrogen and oxygen atoms in total. The van der Waals surface area contributed by atoms with E-state index < -0.39 is 11.8 Å². The molecule has 51 valence electrons. The van der Waals surface area contributed by atoms with Gasteiger partial charge >= 0.3 is 5.97 Å². The largest absolute Gasteiger partial charge is 0.460 e. The van der Waals surface area contributed by atoms with Gasteiger partial charge in [0.1, 0.15) is 0 Å². The maximum absolute atomic E-state index is 10.4. The molecule has 0 aromatic carbocycles.